The molecule has 5 aliphatic rings. The predicted molar refractivity (Wildman–Crippen MR) is 252 cm³/mol. The van der Waals surface area contributed by atoms with E-state index >= 15 is 0 Å². The van der Waals surface area contributed by atoms with Crippen molar-refractivity contribution in [1.29, 1.82) is 0 Å². The second-order valence-corrected chi connectivity index (χ2v) is 16.8. The van der Waals surface area contributed by atoms with Crippen LogP contribution in [0.4, 0.5) is 5.69 Å². The highest BCUT2D eigenvalue weighted by Gasteiger charge is 2.55. The second kappa shape index (κ2) is 19.3. The van der Waals surface area contributed by atoms with Gasteiger partial charge >= 0.3 is 11.9 Å². The van der Waals surface area contributed by atoms with Crippen molar-refractivity contribution in [2.24, 2.45) is 11.3 Å². The molecular weight excluding hydrogens is 849 g/mol. The molecule has 0 radical (unpaired) electrons. The fourth-order valence-corrected chi connectivity index (χ4v) is 8.54. The third kappa shape index (κ3) is 9.46. The lowest BCUT2D eigenvalue weighted by atomic mass is 9.85. The van der Waals surface area contributed by atoms with Gasteiger partial charge in [0.1, 0.15) is 17.3 Å². The molecule has 0 aromatic heterocycles. The molecule has 3 aromatic rings. The molecule has 3 aromatic carbocycles. The van der Waals surface area contributed by atoms with Crippen molar-refractivity contribution in [3.05, 3.63) is 196 Å². The van der Waals surface area contributed by atoms with Gasteiger partial charge in [-0.25, -0.2) is 14.6 Å². The fraction of sp³-hybridized carbons (Fsp3) is 0.236. The van der Waals surface area contributed by atoms with Gasteiger partial charge in [0.15, 0.2) is 0 Å². The number of carbonyl (C=O) groups is 6. The van der Waals surface area contributed by atoms with Crippen LogP contribution in [0, 0.1) is 11.3 Å². The van der Waals surface area contributed by atoms with Gasteiger partial charge in [-0.15, -0.1) is 0 Å². The van der Waals surface area contributed by atoms with Crippen molar-refractivity contribution >= 4 is 41.3 Å². The van der Waals surface area contributed by atoms with Crippen LogP contribution in [0.5, 0.6) is 11.5 Å². The Balaban J connectivity index is 0.857. The molecule has 2 aliphatic heterocycles. The van der Waals surface area contributed by atoms with Gasteiger partial charge in [-0.05, 0) is 129 Å². The van der Waals surface area contributed by atoms with Crippen LogP contribution >= 0.6 is 0 Å². The molecule has 0 bridgehead atoms. The largest absolute Gasteiger partial charge is 0.465 e. The van der Waals surface area contributed by atoms with E-state index in [4.69, 9.17) is 18.9 Å². The summed E-state index contributed by atoms with van der Waals surface area (Å²) >= 11 is 0. The maximum Gasteiger partial charge on any atom is 0.333 e. The molecule has 4 amide bonds. The fourth-order valence-electron chi connectivity index (χ4n) is 8.54. The van der Waals surface area contributed by atoms with E-state index in [9.17, 15) is 28.8 Å². The number of imide groups is 2. The topological polar surface area (TPSA) is 146 Å². The number of allylic oxidation sites excluding steroid dienone is 12. The Bertz CT molecular complexity index is 2850. The van der Waals surface area contributed by atoms with Gasteiger partial charge in [0.25, 0.3) is 23.6 Å². The summed E-state index contributed by atoms with van der Waals surface area (Å²) in [6.07, 6.45) is 22.2. The zero-order chi connectivity index (χ0) is 47.4. The number of amides is 4. The lowest BCUT2D eigenvalue weighted by molar-refractivity contribution is -0.143. The number of rotatable bonds is 18. The van der Waals surface area contributed by atoms with E-state index in [0.29, 0.717) is 71.9 Å². The molecule has 8 rings (SSSR count). The van der Waals surface area contributed by atoms with Crippen LogP contribution in [-0.2, 0) is 25.5 Å². The van der Waals surface area contributed by atoms with Crippen LogP contribution in [0.3, 0.4) is 0 Å². The van der Waals surface area contributed by atoms with Crippen molar-refractivity contribution in [2.45, 2.75) is 59.3 Å². The monoisotopic (exact) mass is 898 g/mol. The molecule has 0 N–H and O–H groups in total. The Morgan fingerprint density at radius 1 is 0.806 bits per heavy atom. The molecule has 67 heavy (non-hydrogen) atoms. The summed E-state index contributed by atoms with van der Waals surface area (Å²) < 4.78 is 22.5. The Morgan fingerprint density at radius 3 is 2.15 bits per heavy atom. The highest BCUT2D eigenvalue weighted by molar-refractivity contribution is 6.34. The minimum absolute atomic E-state index is 0.137. The summed E-state index contributed by atoms with van der Waals surface area (Å²) in [5.74, 6) is -0.720. The van der Waals surface area contributed by atoms with Gasteiger partial charge in [-0.2, -0.15) is 0 Å². The molecule has 12 heteroatoms. The minimum atomic E-state index is -0.446. The number of anilines is 1. The Morgan fingerprint density at radius 2 is 1.48 bits per heavy atom. The Labute approximate surface area is 389 Å². The Hall–Kier alpha value is -7.86. The number of hydrogen-bond acceptors (Lipinski definition) is 10. The average molecular weight is 899 g/mol. The number of ether oxygens (including phenoxy) is 4. The van der Waals surface area contributed by atoms with Crippen molar-refractivity contribution in [3.63, 3.8) is 0 Å². The number of esters is 2. The normalized spacial score (nSPS) is 19.5. The first-order valence-corrected chi connectivity index (χ1v) is 22.3. The molecule has 1 fully saturated rings. The van der Waals surface area contributed by atoms with Crippen LogP contribution in [0.2, 0.25) is 0 Å². The molecule has 1 saturated carbocycles. The molecule has 12 nitrogen and oxygen atoms in total. The smallest absolute Gasteiger partial charge is 0.333 e. The number of hydrogen-bond donors (Lipinski definition) is 0. The van der Waals surface area contributed by atoms with Gasteiger partial charge in [0.2, 0.25) is 0 Å². The Kier molecular flexibility index (Phi) is 13.2. The number of carbonyl (C=O) groups excluding carboxylic acids is 6. The average Bonchev–Trinajstić information content (AvgIpc) is 3.95. The summed E-state index contributed by atoms with van der Waals surface area (Å²) in [6, 6.07) is 16.8. The number of fused-ring (bicyclic) bond motifs is 3. The molecule has 3 aliphatic carbocycles. The lowest BCUT2D eigenvalue weighted by Crippen LogP contribution is -2.29. The van der Waals surface area contributed by atoms with E-state index < -0.39 is 23.7 Å². The number of nitrogens with zero attached hydrogens (tertiary/aromatic N) is 2. The van der Waals surface area contributed by atoms with Gasteiger partial charge < -0.3 is 18.9 Å². The highest BCUT2D eigenvalue weighted by Crippen LogP contribution is 2.63. The summed E-state index contributed by atoms with van der Waals surface area (Å²) in [4.78, 5) is 79.3. The number of benzene rings is 3. The molecule has 0 saturated heterocycles. The summed E-state index contributed by atoms with van der Waals surface area (Å²) in [5.41, 5.74) is 6.04. The van der Waals surface area contributed by atoms with Crippen LogP contribution in [0.25, 0.3) is 0 Å². The summed E-state index contributed by atoms with van der Waals surface area (Å²) in [6.45, 7) is 13.8. The van der Waals surface area contributed by atoms with E-state index in [1.807, 2.05) is 37.3 Å². The van der Waals surface area contributed by atoms with E-state index in [2.05, 4.69) is 25.3 Å². The zero-order valence-corrected chi connectivity index (χ0v) is 37.7. The quantitative estimate of drug-likeness (QED) is 0.0398. The lowest BCUT2D eigenvalue weighted by Gasteiger charge is -2.21. The first-order valence-electron chi connectivity index (χ1n) is 22.3. The first-order chi connectivity index (χ1) is 32.3. The van der Waals surface area contributed by atoms with Crippen LogP contribution in [0.1, 0.15) is 99.9 Å². The third-order valence-electron chi connectivity index (χ3n) is 12.4. The third-order valence-corrected chi connectivity index (χ3v) is 12.4. The van der Waals surface area contributed by atoms with Crippen molar-refractivity contribution in [1.82, 2.24) is 4.90 Å². The van der Waals surface area contributed by atoms with Crippen LogP contribution < -0.4 is 14.4 Å². The maximum atomic E-state index is 13.6. The van der Waals surface area contributed by atoms with Gasteiger partial charge in [0.05, 0.1) is 47.4 Å². The predicted octanol–water partition coefficient (Wildman–Crippen LogP) is 10.2. The first kappa shape index (κ1) is 45.7. The SMILES string of the molecule is C=C(C)C(=O)OCCC1=CC=C(N2C(=O)c3ccc(OC4=CC5CC5(C(=C)C(/C=C\C)=C/C=C/Oc5ccc6c(c5)C(=O)N(c5ccc(CCOC(=O)CC)cc5)C6=O)C=C4)cc3C2=O)CC1. The molecule has 340 valence electrons. The molecule has 2 heterocycles. The molecule has 0 spiro atoms. The van der Waals surface area contributed by atoms with E-state index in [1.165, 1.54) is 11.2 Å². The standard InChI is InChI=1S/C55H50N2O10/c1-6-9-38(10-8-27-64-42-19-21-45-47(31-42)52(61)56(50(45)59)40-15-11-36(12-16-40)24-28-65-49(58)7-2)35(5)55-26-23-44(30-39(55)33-55)67-43-20-22-46-48(32-43)53(62)57(51(46)60)41-17-13-37(14-18-41)25-29-66-54(63)34(3)4/h6,8-13,15-17,19-23,26-27,30-32,39H,3,5,7,14,18,24-25,28-29,33H2,1-2,4H3/b9-6-,27-8+,38-10+. The molecule has 2 atom stereocenters. The van der Waals surface area contributed by atoms with Gasteiger partial charge in [-0.1, -0.05) is 68.2 Å². The van der Waals surface area contributed by atoms with Gasteiger partial charge in [0, 0.05) is 35.9 Å². The van der Waals surface area contributed by atoms with Gasteiger partial charge in [-0.3, -0.25) is 24.0 Å². The molecule has 2 unspecified atom stereocenters. The van der Waals surface area contributed by atoms with Crippen molar-refractivity contribution in [3.8, 4) is 11.5 Å². The van der Waals surface area contributed by atoms with Crippen LogP contribution in [-0.4, -0.2) is 53.7 Å². The molecular formula is C55H50N2O10. The van der Waals surface area contributed by atoms with Crippen molar-refractivity contribution in [2.75, 3.05) is 18.1 Å². The van der Waals surface area contributed by atoms with E-state index in [-0.39, 0.29) is 53.1 Å². The minimum Gasteiger partial charge on any atom is -0.465 e. The van der Waals surface area contributed by atoms with Crippen molar-refractivity contribution < 1.29 is 47.7 Å². The second-order valence-electron chi connectivity index (χ2n) is 16.8. The highest BCUT2D eigenvalue weighted by atomic mass is 16.5. The van der Waals surface area contributed by atoms with E-state index in [0.717, 1.165) is 33.6 Å². The maximum absolute atomic E-state index is 13.6. The summed E-state index contributed by atoms with van der Waals surface area (Å²) in [5, 5.41) is 0. The summed E-state index contributed by atoms with van der Waals surface area (Å²) in [7, 11) is 0. The van der Waals surface area contributed by atoms with Crippen LogP contribution in [0.15, 0.2) is 169 Å². The zero-order valence-electron chi connectivity index (χ0n) is 37.7. The van der Waals surface area contributed by atoms with E-state index in [1.54, 1.807) is 86.7 Å².